The predicted molar refractivity (Wildman–Crippen MR) is 71.0 cm³/mol. The van der Waals surface area contributed by atoms with Gasteiger partial charge in [-0.25, -0.2) is 4.79 Å². The second-order valence-corrected chi connectivity index (χ2v) is 5.97. The minimum atomic E-state index is -0.812. The van der Waals surface area contributed by atoms with Crippen molar-refractivity contribution in [3.63, 3.8) is 0 Å². The molecule has 2 aliphatic rings. The van der Waals surface area contributed by atoms with Crippen LogP contribution in [0.2, 0.25) is 0 Å². The quantitative estimate of drug-likeness (QED) is 0.330. The van der Waals surface area contributed by atoms with Crippen molar-refractivity contribution in [2.45, 2.75) is 44.8 Å². The predicted octanol–water partition coefficient (Wildman–Crippen LogP) is 1.45. The van der Waals surface area contributed by atoms with E-state index >= 15 is 0 Å². The van der Waals surface area contributed by atoms with Gasteiger partial charge in [-0.3, -0.25) is 4.79 Å². The molecule has 1 aliphatic carbocycles. The molecular formula is C15H20O5. The van der Waals surface area contributed by atoms with Crippen LogP contribution in [0.1, 0.15) is 33.1 Å². The third kappa shape index (κ3) is 2.00. The molecule has 0 aromatic rings. The lowest BCUT2D eigenvalue weighted by molar-refractivity contribution is -0.140. The van der Waals surface area contributed by atoms with Gasteiger partial charge in [-0.05, 0) is 19.8 Å². The normalized spacial score (nSPS) is 38.9. The first-order valence-electron chi connectivity index (χ1n) is 6.74. The molecule has 2 fully saturated rings. The third-order valence-corrected chi connectivity index (χ3v) is 4.78. The number of ketones is 1. The van der Waals surface area contributed by atoms with Gasteiger partial charge in [-0.1, -0.05) is 13.5 Å². The van der Waals surface area contributed by atoms with Crippen molar-refractivity contribution < 1.29 is 23.9 Å². The molecule has 1 saturated carbocycles. The van der Waals surface area contributed by atoms with E-state index in [2.05, 4.69) is 6.58 Å². The summed E-state index contributed by atoms with van der Waals surface area (Å²) in [6.45, 7) is 7.36. The molecule has 0 aromatic carbocycles. The Labute approximate surface area is 118 Å². The summed E-state index contributed by atoms with van der Waals surface area (Å²) in [7, 11) is 1.29. The Morgan fingerprint density at radius 3 is 2.75 bits per heavy atom. The summed E-state index contributed by atoms with van der Waals surface area (Å²) >= 11 is 0. The maximum atomic E-state index is 12.7. The molecule has 0 radical (unpaired) electrons. The molecule has 2 rings (SSSR count). The maximum Gasteiger partial charge on any atom is 0.333 e. The number of methoxy groups -OCH3 is 1. The van der Waals surface area contributed by atoms with E-state index in [0.717, 1.165) is 6.29 Å². The van der Waals surface area contributed by atoms with E-state index in [1.807, 2.05) is 0 Å². The summed E-state index contributed by atoms with van der Waals surface area (Å²) in [6, 6.07) is 0. The molecule has 5 nitrogen and oxygen atoms in total. The summed E-state index contributed by atoms with van der Waals surface area (Å²) in [5.74, 6) is -0.898. The second-order valence-electron chi connectivity index (χ2n) is 5.97. The first-order valence-corrected chi connectivity index (χ1v) is 6.74. The van der Waals surface area contributed by atoms with Crippen LogP contribution in [0, 0.1) is 11.3 Å². The molecule has 0 amide bonds. The first kappa shape index (κ1) is 14.9. The van der Waals surface area contributed by atoms with E-state index in [0.29, 0.717) is 12.8 Å². The summed E-state index contributed by atoms with van der Waals surface area (Å²) < 4.78 is 10.2. The zero-order valence-corrected chi connectivity index (χ0v) is 12.1. The van der Waals surface area contributed by atoms with Crippen LogP contribution < -0.4 is 0 Å². The molecule has 20 heavy (non-hydrogen) atoms. The number of hydrogen-bond donors (Lipinski definition) is 0. The number of esters is 1. The van der Waals surface area contributed by atoms with Crippen molar-refractivity contribution in [2.75, 3.05) is 7.11 Å². The SMILES string of the molecule is C=C(C(=O)OC)[C@H]1C[C@@H]2O[C@]2(C)C(=O)[C@]1(C)CCC=O. The van der Waals surface area contributed by atoms with Crippen LogP contribution in [0.25, 0.3) is 0 Å². The number of Topliss-reactive ketones (excluding diaryl/α,β-unsaturated/α-hetero) is 1. The number of fused-ring (bicyclic) bond motifs is 1. The zero-order chi connectivity index (χ0) is 15.1. The molecule has 4 atom stereocenters. The number of carbonyl (C=O) groups excluding carboxylic acids is 3. The largest absolute Gasteiger partial charge is 0.466 e. The fourth-order valence-corrected chi connectivity index (χ4v) is 3.38. The highest BCUT2D eigenvalue weighted by molar-refractivity contribution is 5.99. The van der Waals surface area contributed by atoms with Gasteiger partial charge in [0.05, 0.1) is 13.2 Å². The van der Waals surface area contributed by atoms with Crippen molar-refractivity contribution in [1.82, 2.24) is 0 Å². The Kier molecular flexibility index (Phi) is 3.58. The number of aldehydes is 1. The topological polar surface area (TPSA) is 73.0 Å². The third-order valence-electron chi connectivity index (χ3n) is 4.78. The van der Waals surface area contributed by atoms with E-state index in [4.69, 9.17) is 9.47 Å². The molecular weight excluding hydrogens is 260 g/mol. The summed E-state index contributed by atoms with van der Waals surface area (Å²) in [5, 5.41) is 0. The van der Waals surface area contributed by atoms with E-state index in [9.17, 15) is 14.4 Å². The number of epoxide rings is 1. The van der Waals surface area contributed by atoms with E-state index in [-0.39, 0.29) is 29.8 Å². The molecule has 0 bridgehead atoms. The van der Waals surface area contributed by atoms with Crippen molar-refractivity contribution in [3.05, 3.63) is 12.2 Å². The van der Waals surface area contributed by atoms with Gasteiger partial charge in [0.2, 0.25) is 0 Å². The van der Waals surface area contributed by atoms with E-state index < -0.39 is 17.0 Å². The zero-order valence-electron chi connectivity index (χ0n) is 12.1. The Morgan fingerprint density at radius 2 is 2.20 bits per heavy atom. The van der Waals surface area contributed by atoms with Crippen molar-refractivity contribution >= 4 is 18.0 Å². The van der Waals surface area contributed by atoms with E-state index in [1.165, 1.54) is 7.11 Å². The Balaban J connectivity index is 2.33. The van der Waals surface area contributed by atoms with Crippen molar-refractivity contribution in [1.29, 1.82) is 0 Å². The maximum absolute atomic E-state index is 12.7. The average molecular weight is 280 g/mol. The lowest BCUT2D eigenvalue weighted by atomic mass is 9.59. The molecule has 0 N–H and O–H groups in total. The fourth-order valence-electron chi connectivity index (χ4n) is 3.38. The molecule has 0 spiro atoms. The smallest absolute Gasteiger partial charge is 0.333 e. The molecule has 1 aliphatic heterocycles. The highest BCUT2D eigenvalue weighted by Gasteiger charge is 2.68. The standard InChI is InChI=1S/C15H20O5/c1-9(12(17)19-4)10-8-11-15(3,20-11)13(18)14(10,2)6-5-7-16/h7,10-11H,1,5-6,8H2,2-4H3/t10-,11+,14-,15+/m1/s1. The van der Waals surface area contributed by atoms with Gasteiger partial charge in [0.1, 0.15) is 6.29 Å². The van der Waals surface area contributed by atoms with Crippen LogP contribution in [0.15, 0.2) is 12.2 Å². The van der Waals surface area contributed by atoms with Crippen LogP contribution in [0.4, 0.5) is 0 Å². The molecule has 0 aromatic heterocycles. The van der Waals surface area contributed by atoms with Crippen LogP contribution in [-0.2, 0) is 23.9 Å². The van der Waals surface area contributed by atoms with Crippen LogP contribution in [0.3, 0.4) is 0 Å². The Bertz CT molecular complexity index is 483. The minimum Gasteiger partial charge on any atom is -0.466 e. The van der Waals surface area contributed by atoms with Gasteiger partial charge in [-0.2, -0.15) is 0 Å². The average Bonchev–Trinajstić information content (AvgIpc) is 3.11. The fraction of sp³-hybridized carbons (Fsp3) is 0.667. The first-order chi connectivity index (χ1) is 9.31. The molecule has 5 heteroatoms. The van der Waals surface area contributed by atoms with Crippen molar-refractivity contribution in [2.24, 2.45) is 11.3 Å². The number of hydrogen-bond acceptors (Lipinski definition) is 5. The van der Waals surface area contributed by atoms with Crippen LogP contribution >= 0.6 is 0 Å². The Hall–Kier alpha value is -1.49. The number of rotatable bonds is 5. The Morgan fingerprint density at radius 1 is 1.55 bits per heavy atom. The van der Waals surface area contributed by atoms with Crippen LogP contribution in [0.5, 0.6) is 0 Å². The molecule has 1 saturated heterocycles. The van der Waals surface area contributed by atoms with Gasteiger partial charge in [-0.15, -0.1) is 0 Å². The second kappa shape index (κ2) is 4.81. The van der Waals surface area contributed by atoms with Gasteiger partial charge >= 0.3 is 5.97 Å². The van der Waals surface area contributed by atoms with Crippen molar-refractivity contribution in [3.8, 4) is 0 Å². The summed E-state index contributed by atoms with van der Waals surface area (Å²) in [6.07, 6.45) is 1.85. The highest BCUT2D eigenvalue weighted by atomic mass is 16.6. The van der Waals surface area contributed by atoms with E-state index in [1.54, 1.807) is 13.8 Å². The van der Waals surface area contributed by atoms with Gasteiger partial charge in [0.15, 0.2) is 11.4 Å². The number of carbonyl (C=O) groups is 3. The lowest BCUT2D eigenvalue weighted by Crippen LogP contribution is -2.49. The summed E-state index contributed by atoms with van der Waals surface area (Å²) in [5.41, 5.74) is -1.29. The summed E-state index contributed by atoms with van der Waals surface area (Å²) in [4.78, 5) is 35.1. The van der Waals surface area contributed by atoms with Gasteiger partial charge in [0.25, 0.3) is 0 Å². The molecule has 110 valence electrons. The highest BCUT2D eigenvalue weighted by Crippen LogP contribution is 2.57. The molecule has 0 unspecified atom stereocenters. The minimum absolute atomic E-state index is 0.0434. The molecule has 1 heterocycles. The van der Waals surface area contributed by atoms with Gasteiger partial charge < -0.3 is 14.3 Å². The number of ether oxygens (including phenoxy) is 2. The monoisotopic (exact) mass is 280 g/mol. The lowest BCUT2D eigenvalue weighted by Gasteiger charge is -2.40. The van der Waals surface area contributed by atoms with Gasteiger partial charge in [0, 0.05) is 23.3 Å². The van der Waals surface area contributed by atoms with Crippen LogP contribution in [-0.4, -0.2) is 36.9 Å².